The molecule has 2 rings (SSSR count). The SMILES string of the molecule is COc1cccc(/C=N\NC(=O)c2cc(Cl)ccc2Cl)c1OC. The largest absolute Gasteiger partial charge is 0.493 e. The fourth-order valence-corrected chi connectivity index (χ4v) is 2.28. The van der Waals surface area contributed by atoms with E-state index in [-0.39, 0.29) is 5.56 Å². The Morgan fingerprint density at radius 3 is 2.65 bits per heavy atom. The van der Waals surface area contributed by atoms with Crippen LogP contribution in [0.5, 0.6) is 11.5 Å². The summed E-state index contributed by atoms with van der Waals surface area (Å²) in [5.41, 5.74) is 3.30. The van der Waals surface area contributed by atoms with E-state index >= 15 is 0 Å². The van der Waals surface area contributed by atoms with Crippen molar-refractivity contribution in [1.82, 2.24) is 5.43 Å². The maximum Gasteiger partial charge on any atom is 0.272 e. The number of amides is 1. The summed E-state index contributed by atoms with van der Waals surface area (Å²) < 4.78 is 10.5. The van der Waals surface area contributed by atoms with Crippen LogP contribution in [0.15, 0.2) is 41.5 Å². The highest BCUT2D eigenvalue weighted by Crippen LogP contribution is 2.29. The maximum atomic E-state index is 12.1. The normalized spacial score (nSPS) is 10.6. The van der Waals surface area contributed by atoms with Gasteiger partial charge in [-0.3, -0.25) is 4.79 Å². The van der Waals surface area contributed by atoms with Crippen molar-refractivity contribution in [1.29, 1.82) is 0 Å². The van der Waals surface area contributed by atoms with Crippen LogP contribution >= 0.6 is 23.2 Å². The lowest BCUT2D eigenvalue weighted by Crippen LogP contribution is -2.18. The fourth-order valence-electron chi connectivity index (χ4n) is 1.91. The fraction of sp³-hybridized carbons (Fsp3) is 0.125. The first-order valence-corrected chi connectivity index (χ1v) is 7.32. The topological polar surface area (TPSA) is 59.9 Å². The van der Waals surface area contributed by atoms with Gasteiger partial charge in [0.15, 0.2) is 11.5 Å². The van der Waals surface area contributed by atoms with Gasteiger partial charge in [0.2, 0.25) is 0 Å². The predicted octanol–water partition coefficient (Wildman–Crippen LogP) is 3.77. The molecule has 5 nitrogen and oxygen atoms in total. The first-order chi connectivity index (χ1) is 11.1. The number of carbonyl (C=O) groups excluding carboxylic acids is 1. The van der Waals surface area contributed by atoms with Crippen molar-refractivity contribution in [2.24, 2.45) is 5.10 Å². The predicted molar refractivity (Wildman–Crippen MR) is 91.1 cm³/mol. The van der Waals surface area contributed by atoms with E-state index in [0.717, 1.165) is 0 Å². The molecular formula is C16H14Cl2N2O3. The van der Waals surface area contributed by atoms with E-state index in [4.69, 9.17) is 32.7 Å². The zero-order valence-corrected chi connectivity index (χ0v) is 14.0. The standard InChI is InChI=1S/C16H14Cl2N2O3/c1-22-14-5-3-4-10(15(14)23-2)9-19-20-16(21)12-8-11(17)6-7-13(12)18/h3-9H,1-2H3,(H,20,21)/b19-9-. The number of hydrogen-bond acceptors (Lipinski definition) is 4. The molecule has 2 aromatic carbocycles. The van der Waals surface area contributed by atoms with Crippen LogP contribution in [0.25, 0.3) is 0 Å². The Morgan fingerprint density at radius 2 is 1.96 bits per heavy atom. The van der Waals surface area contributed by atoms with Gasteiger partial charge in [0.25, 0.3) is 5.91 Å². The van der Waals surface area contributed by atoms with E-state index in [0.29, 0.717) is 27.1 Å². The summed E-state index contributed by atoms with van der Waals surface area (Å²) in [5.74, 6) is 0.630. The molecule has 0 radical (unpaired) electrons. The molecule has 0 aliphatic heterocycles. The third-order valence-electron chi connectivity index (χ3n) is 2.98. The molecule has 0 unspecified atom stereocenters. The Morgan fingerprint density at radius 1 is 1.17 bits per heavy atom. The third kappa shape index (κ3) is 4.15. The maximum absolute atomic E-state index is 12.1. The van der Waals surface area contributed by atoms with Crippen molar-refractivity contribution in [3.05, 3.63) is 57.6 Å². The highest BCUT2D eigenvalue weighted by molar-refractivity contribution is 6.35. The summed E-state index contributed by atoms with van der Waals surface area (Å²) in [4.78, 5) is 12.1. The molecule has 2 aromatic rings. The molecule has 0 bridgehead atoms. The Labute approximate surface area is 143 Å². The molecule has 0 spiro atoms. The highest BCUT2D eigenvalue weighted by Gasteiger charge is 2.11. The lowest BCUT2D eigenvalue weighted by molar-refractivity contribution is 0.0955. The summed E-state index contributed by atoms with van der Waals surface area (Å²) in [6.07, 6.45) is 1.46. The van der Waals surface area contributed by atoms with Crippen molar-refractivity contribution < 1.29 is 14.3 Å². The number of nitrogens with one attached hydrogen (secondary N) is 1. The summed E-state index contributed by atoms with van der Waals surface area (Å²) in [6.45, 7) is 0. The monoisotopic (exact) mass is 352 g/mol. The van der Waals surface area contributed by atoms with Gasteiger partial charge in [-0.15, -0.1) is 0 Å². The molecule has 0 heterocycles. The zero-order chi connectivity index (χ0) is 16.8. The number of benzene rings is 2. The molecule has 0 fully saturated rings. The van der Waals surface area contributed by atoms with Crippen LogP contribution in [-0.4, -0.2) is 26.3 Å². The van der Waals surface area contributed by atoms with Gasteiger partial charge in [-0.05, 0) is 30.3 Å². The minimum atomic E-state index is -0.462. The van der Waals surface area contributed by atoms with E-state index < -0.39 is 5.91 Å². The molecule has 0 saturated heterocycles. The van der Waals surface area contributed by atoms with E-state index in [1.165, 1.54) is 19.4 Å². The minimum Gasteiger partial charge on any atom is -0.493 e. The number of hydrogen-bond donors (Lipinski definition) is 1. The Kier molecular flexibility index (Phi) is 5.84. The summed E-state index contributed by atoms with van der Waals surface area (Å²) in [5, 5.41) is 4.62. The summed E-state index contributed by atoms with van der Waals surface area (Å²) in [6, 6.07) is 9.96. The van der Waals surface area contributed by atoms with Gasteiger partial charge in [0, 0.05) is 10.6 Å². The summed E-state index contributed by atoms with van der Waals surface area (Å²) in [7, 11) is 3.07. The molecule has 0 aromatic heterocycles. The van der Waals surface area contributed by atoms with Gasteiger partial charge in [-0.2, -0.15) is 5.10 Å². The Bertz CT molecular complexity index is 748. The molecule has 23 heavy (non-hydrogen) atoms. The Hall–Kier alpha value is -2.24. The van der Waals surface area contributed by atoms with Crippen LogP contribution < -0.4 is 14.9 Å². The average molecular weight is 353 g/mol. The Balaban J connectivity index is 2.16. The first-order valence-electron chi connectivity index (χ1n) is 6.56. The lowest BCUT2D eigenvalue weighted by atomic mass is 10.2. The average Bonchev–Trinajstić information content (AvgIpc) is 2.56. The van der Waals surface area contributed by atoms with Crippen molar-refractivity contribution in [3.63, 3.8) is 0 Å². The van der Waals surface area contributed by atoms with E-state index in [2.05, 4.69) is 10.5 Å². The third-order valence-corrected chi connectivity index (χ3v) is 3.54. The molecule has 120 valence electrons. The molecule has 0 aliphatic rings. The lowest BCUT2D eigenvalue weighted by Gasteiger charge is -2.09. The quantitative estimate of drug-likeness (QED) is 0.658. The van der Waals surface area contributed by atoms with E-state index in [9.17, 15) is 4.79 Å². The first kappa shape index (κ1) is 17.1. The second-order valence-corrected chi connectivity index (χ2v) is 5.25. The number of carbonyl (C=O) groups is 1. The number of nitrogens with zero attached hydrogens (tertiary/aromatic N) is 1. The number of hydrazone groups is 1. The number of ether oxygens (including phenoxy) is 2. The van der Waals surface area contributed by atoms with Gasteiger partial charge < -0.3 is 9.47 Å². The van der Waals surface area contributed by atoms with Crippen LogP contribution in [-0.2, 0) is 0 Å². The van der Waals surface area contributed by atoms with Gasteiger partial charge in [-0.25, -0.2) is 5.43 Å². The van der Waals surface area contributed by atoms with Gasteiger partial charge in [-0.1, -0.05) is 29.3 Å². The number of rotatable bonds is 5. The van der Waals surface area contributed by atoms with Crippen LogP contribution in [0.4, 0.5) is 0 Å². The minimum absolute atomic E-state index is 0.244. The number of para-hydroxylation sites is 1. The van der Waals surface area contributed by atoms with Gasteiger partial charge in [0.05, 0.1) is 31.0 Å². The van der Waals surface area contributed by atoms with Crippen LogP contribution in [0.2, 0.25) is 10.0 Å². The highest BCUT2D eigenvalue weighted by atomic mass is 35.5. The zero-order valence-electron chi connectivity index (χ0n) is 12.5. The smallest absolute Gasteiger partial charge is 0.272 e. The van der Waals surface area contributed by atoms with Crippen LogP contribution in [0.1, 0.15) is 15.9 Å². The molecular weight excluding hydrogens is 339 g/mol. The van der Waals surface area contributed by atoms with Crippen LogP contribution in [0.3, 0.4) is 0 Å². The van der Waals surface area contributed by atoms with E-state index in [1.54, 1.807) is 37.4 Å². The molecule has 7 heteroatoms. The van der Waals surface area contributed by atoms with Crippen molar-refractivity contribution in [2.45, 2.75) is 0 Å². The van der Waals surface area contributed by atoms with Crippen LogP contribution in [0, 0.1) is 0 Å². The molecule has 0 aliphatic carbocycles. The second-order valence-electron chi connectivity index (χ2n) is 4.41. The van der Waals surface area contributed by atoms with E-state index in [1.807, 2.05) is 0 Å². The van der Waals surface area contributed by atoms with Gasteiger partial charge in [0.1, 0.15) is 0 Å². The molecule has 1 amide bonds. The number of methoxy groups -OCH3 is 2. The molecule has 0 atom stereocenters. The molecule has 0 saturated carbocycles. The van der Waals surface area contributed by atoms with Crippen molar-refractivity contribution in [2.75, 3.05) is 14.2 Å². The van der Waals surface area contributed by atoms with Crippen molar-refractivity contribution >= 4 is 35.3 Å². The van der Waals surface area contributed by atoms with Gasteiger partial charge >= 0.3 is 0 Å². The molecule has 1 N–H and O–H groups in total. The summed E-state index contributed by atoms with van der Waals surface area (Å²) >= 11 is 11.8. The number of halogens is 2. The second kappa shape index (κ2) is 7.85. The van der Waals surface area contributed by atoms with Crippen molar-refractivity contribution in [3.8, 4) is 11.5 Å².